The second-order valence-corrected chi connectivity index (χ2v) is 9.52. The SMILES string of the molecule is CC1=C(C(=O)OCc2ccccc2)N2C(=O)[C@H](C(C)OC(=O)OCc3ccc([N+](=O)[O-])cc3)[C@H]2SC1. The summed E-state index contributed by atoms with van der Waals surface area (Å²) in [6, 6.07) is 14.8. The lowest BCUT2D eigenvalue weighted by Gasteiger charge is -2.50. The number of nitro benzene ring substituents is 1. The van der Waals surface area contributed by atoms with Gasteiger partial charge in [0.15, 0.2) is 0 Å². The molecule has 2 aromatic rings. The highest BCUT2D eigenvalue weighted by atomic mass is 32.2. The monoisotopic (exact) mass is 512 g/mol. The Bertz CT molecular complexity index is 1200. The first-order valence-electron chi connectivity index (χ1n) is 11.2. The van der Waals surface area contributed by atoms with Gasteiger partial charge in [-0.3, -0.25) is 19.8 Å². The second-order valence-electron chi connectivity index (χ2n) is 8.41. The molecule has 2 aliphatic rings. The second kappa shape index (κ2) is 10.8. The molecule has 36 heavy (non-hydrogen) atoms. The number of β-lactam (4-membered cyclic amide) rings is 1. The summed E-state index contributed by atoms with van der Waals surface area (Å²) in [5, 5.41) is 10.4. The molecule has 1 fully saturated rings. The van der Waals surface area contributed by atoms with E-state index in [2.05, 4.69) is 0 Å². The molecule has 4 rings (SSSR count). The van der Waals surface area contributed by atoms with E-state index in [-0.39, 0.29) is 35.9 Å². The van der Waals surface area contributed by atoms with Crippen molar-refractivity contribution in [2.24, 2.45) is 5.92 Å². The third-order valence-electron chi connectivity index (χ3n) is 5.90. The Labute approximate surface area is 211 Å². The third-order valence-corrected chi connectivity index (χ3v) is 7.34. The molecule has 1 unspecified atom stereocenters. The van der Waals surface area contributed by atoms with E-state index in [1.807, 2.05) is 30.3 Å². The number of carbonyl (C=O) groups excluding carboxylic acids is 3. The summed E-state index contributed by atoms with van der Waals surface area (Å²) in [7, 11) is 0. The predicted octanol–water partition coefficient (Wildman–Crippen LogP) is 4.19. The number of rotatable bonds is 8. The van der Waals surface area contributed by atoms with Gasteiger partial charge in [-0.2, -0.15) is 0 Å². The zero-order valence-corrected chi connectivity index (χ0v) is 20.4. The fourth-order valence-electron chi connectivity index (χ4n) is 4.00. The minimum atomic E-state index is -0.956. The molecule has 2 aromatic carbocycles. The third kappa shape index (κ3) is 5.35. The van der Waals surface area contributed by atoms with Crippen LogP contribution in [0.1, 0.15) is 25.0 Å². The molecule has 10 nitrogen and oxygen atoms in total. The first-order chi connectivity index (χ1) is 17.3. The molecule has 0 saturated carbocycles. The molecule has 2 heterocycles. The van der Waals surface area contributed by atoms with Crippen LogP contribution in [0.15, 0.2) is 65.9 Å². The van der Waals surface area contributed by atoms with E-state index in [1.165, 1.54) is 40.9 Å². The van der Waals surface area contributed by atoms with Crippen molar-refractivity contribution in [3.05, 3.63) is 87.1 Å². The van der Waals surface area contributed by atoms with E-state index >= 15 is 0 Å². The summed E-state index contributed by atoms with van der Waals surface area (Å²) >= 11 is 1.49. The highest BCUT2D eigenvalue weighted by Crippen LogP contribution is 2.45. The van der Waals surface area contributed by atoms with Crippen LogP contribution in [0.2, 0.25) is 0 Å². The van der Waals surface area contributed by atoms with Gasteiger partial charge in [-0.25, -0.2) is 9.59 Å². The molecule has 1 amide bonds. The van der Waals surface area contributed by atoms with Crippen LogP contribution in [0.3, 0.4) is 0 Å². The Morgan fingerprint density at radius 1 is 1.08 bits per heavy atom. The van der Waals surface area contributed by atoms with Crippen molar-refractivity contribution in [3.8, 4) is 0 Å². The van der Waals surface area contributed by atoms with Crippen LogP contribution in [0.5, 0.6) is 0 Å². The Morgan fingerprint density at radius 2 is 1.72 bits per heavy atom. The summed E-state index contributed by atoms with van der Waals surface area (Å²) < 4.78 is 15.9. The zero-order chi connectivity index (χ0) is 25.8. The highest BCUT2D eigenvalue weighted by molar-refractivity contribution is 8.00. The number of non-ortho nitro benzene ring substituents is 1. The van der Waals surface area contributed by atoms with Crippen molar-refractivity contribution < 1.29 is 33.5 Å². The fraction of sp³-hybridized carbons (Fsp3) is 0.320. The minimum absolute atomic E-state index is 0.0689. The largest absolute Gasteiger partial charge is 0.508 e. The molecular weight excluding hydrogens is 488 g/mol. The average Bonchev–Trinajstić information content (AvgIpc) is 2.87. The number of carbonyl (C=O) groups is 3. The van der Waals surface area contributed by atoms with Crippen LogP contribution in [-0.2, 0) is 37.0 Å². The summed E-state index contributed by atoms with van der Waals surface area (Å²) in [4.78, 5) is 49.6. The molecule has 0 bridgehead atoms. The quantitative estimate of drug-likeness (QED) is 0.222. The number of esters is 1. The summed E-state index contributed by atoms with van der Waals surface area (Å²) in [5.41, 5.74) is 2.31. The molecule has 0 N–H and O–H groups in total. The van der Waals surface area contributed by atoms with Crippen molar-refractivity contribution >= 4 is 35.5 Å². The lowest BCUT2D eigenvalue weighted by molar-refractivity contribution is -0.384. The van der Waals surface area contributed by atoms with E-state index in [0.717, 1.165) is 11.1 Å². The van der Waals surface area contributed by atoms with Gasteiger partial charge < -0.3 is 14.2 Å². The van der Waals surface area contributed by atoms with Gasteiger partial charge in [-0.15, -0.1) is 11.8 Å². The fourth-order valence-corrected chi connectivity index (χ4v) is 5.46. The Kier molecular flexibility index (Phi) is 7.58. The van der Waals surface area contributed by atoms with Crippen LogP contribution in [-0.4, -0.2) is 45.1 Å². The van der Waals surface area contributed by atoms with Crippen LogP contribution in [0.25, 0.3) is 0 Å². The predicted molar refractivity (Wildman–Crippen MR) is 129 cm³/mol. The Morgan fingerprint density at radius 3 is 2.39 bits per heavy atom. The molecule has 0 radical (unpaired) electrons. The topological polar surface area (TPSA) is 125 Å². The molecule has 1 saturated heterocycles. The lowest BCUT2D eigenvalue weighted by Crippen LogP contribution is -2.64. The van der Waals surface area contributed by atoms with Crippen LogP contribution in [0, 0.1) is 16.0 Å². The maximum atomic E-state index is 13.0. The number of amides is 1. The Balaban J connectivity index is 1.31. The van der Waals surface area contributed by atoms with Gasteiger partial charge in [0, 0.05) is 17.9 Å². The summed E-state index contributed by atoms with van der Waals surface area (Å²) in [5.74, 6) is -0.983. The number of nitrogens with zero attached hydrogens (tertiary/aromatic N) is 2. The normalized spacial score (nSPS) is 19.6. The van der Waals surface area contributed by atoms with Gasteiger partial charge in [0.1, 0.15) is 30.9 Å². The van der Waals surface area contributed by atoms with Crippen molar-refractivity contribution in [1.29, 1.82) is 0 Å². The molecule has 2 aliphatic heterocycles. The molecule has 3 atom stereocenters. The van der Waals surface area contributed by atoms with Crippen molar-refractivity contribution in [2.45, 2.75) is 38.5 Å². The van der Waals surface area contributed by atoms with E-state index in [0.29, 0.717) is 11.3 Å². The van der Waals surface area contributed by atoms with Gasteiger partial charge in [0.25, 0.3) is 5.69 Å². The maximum absolute atomic E-state index is 13.0. The van der Waals surface area contributed by atoms with E-state index < -0.39 is 29.1 Å². The number of thioether (sulfide) groups is 1. The van der Waals surface area contributed by atoms with Crippen LogP contribution < -0.4 is 0 Å². The molecule has 0 aliphatic carbocycles. The molecule has 188 valence electrons. The summed E-state index contributed by atoms with van der Waals surface area (Å²) in [6.45, 7) is 3.36. The summed E-state index contributed by atoms with van der Waals surface area (Å²) in [6.07, 6.45) is -1.74. The smallest absolute Gasteiger partial charge is 0.456 e. The first kappa shape index (κ1) is 25.2. The van der Waals surface area contributed by atoms with Gasteiger partial charge in [0.05, 0.1) is 10.3 Å². The standard InChI is InChI=1S/C25H24N2O8S/c1-15-14-36-23-20(16(2)35-25(30)34-13-18-8-10-19(11-9-18)27(31)32)22(28)26(23)21(15)24(29)33-12-17-6-4-3-5-7-17/h3-11,16,20,23H,12-14H2,1-2H3/t16?,20-,23+/m0/s1. The van der Waals surface area contributed by atoms with Crippen molar-refractivity contribution in [3.63, 3.8) is 0 Å². The van der Waals surface area contributed by atoms with Gasteiger partial charge in [-0.05, 0) is 42.7 Å². The Hall–Kier alpha value is -3.86. The number of hydrogen-bond donors (Lipinski definition) is 0. The zero-order valence-electron chi connectivity index (χ0n) is 19.6. The van der Waals surface area contributed by atoms with Gasteiger partial charge >= 0.3 is 12.1 Å². The van der Waals surface area contributed by atoms with E-state index in [9.17, 15) is 24.5 Å². The average molecular weight is 513 g/mol. The van der Waals surface area contributed by atoms with Crippen molar-refractivity contribution in [2.75, 3.05) is 5.75 Å². The molecular formula is C25H24N2O8S. The number of nitro groups is 1. The van der Waals surface area contributed by atoms with Crippen LogP contribution in [0.4, 0.5) is 10.5 Å². The van der Waals surface area contributed by atoms with E-state index in [4.69, 9.17) is 14.2 Å². The number of ether oxygens (including phenoxy) is 3. The van der Waals surface area contributed by atoms with Gasteiger partial charge in [-0.1, -0.05) is 30.3 Å². The van der Waals surface area contributed by atoms with Crippen molar-refractivity contribution in [1.82, 2.24) is 4.90 Å². The highest BCUT2D eigenvalue weighted by Gasteiger charge is 2.56. The number of benzene rings is 2. The molecule has 0 aromatic heterocycles. The molecule has 0 spiro atoms. The first-order valence-corrected chi connectivity index (χ1v) is 12.2. The van der Waals surface area contributed by atoms with Crippen LogP contribution >= 0.6 is 11.8 Å². The maximum Gasteiger partial charge on any atom is 0.508 e. The number of hydrogen-bond acceptors (Lipinski definition) is 9. The van der Waals surface area contributed by atoms with E-state index in [1.54, 1.807) is 13.8 Å². The lowest BCUT2D eigenvalue weighted by atomic mass is 9.91. The van der Waals surface area contributed by atoms with Gasteiger partial charge in [0.2, 0.25) is 5.91 Å². The molecule has 11 heteroatoms. The number of fused-ring (bicyclic) bond motifs is 1. The minimum Gasteiger partial charge on any atom is -0.456 e.